The zero-order chi connectivity index (χ0) is 22.3. The number of benzene rings is 2. The van der Waals surface area contributed by atoms with E-state index in [9.17, 15) is 4.79 Å². The molecule has 1 atom stereocenters. The number of rotatable bonds is 8. The van der Waals surface area contributed by atoms with Crippen LogP contribution in [0.1, 0.15) is 31.0 Å². The second-order valence-electron chi connectivity index (χ2n) is 7.39. The highest BCUT2D eigenvalue weighted by molar-refractivity contribution is 7.99. The Bertz CT molecular complexity index is 1160. The van der Waals surface area contributed by atoms with Crippen LogP contribution in [0.15, 0.2) is 84.3 Å². The number of carbonyl (C=O) groups excluding carboxylic acids is 1. The van der Waals surface area contributed by atoms with Crippen molar-refractivity contribution in [3.05, 3.63) is 90.3 Å². The molecular formula is C25H25N5OS. The van der Waals surface area contributed by atoms with Crippen LogP contribution in [0.5, 0.6) is 0 Å². The molecule has 0 bridgehead atoms. The predicted molar refractivity (Wildman–Crippen MR) is 128 cm³/mol. The van der Waals surface area contributed by atoms with Gasteiger partial charge in [-0.2, -0.15) is 0 Å². The van der Waals surface area contributed by atoms with E-state index in [0.717, 1.165) is 23.2 Å². The van der Waals surface area contributed by atoms with Gasteiger partial charge in [0.05, 0.1) is 11.8 Å². The zero-order valence-corrected chi connectivity index (χ0v) is 18.9. The second-order valence-corrected chi connectivity index (χ2v) is 8.33. The molecule has 2 heterocycles. The Morgan fingerprint density at radius 1 is 1.03 bits per heavy atom. The molecule has 6 nitrogen and oxygen atoms in total. The number of carbonyl (C=O) groups is 1. The van der Waals surface area contributed by atoms with Gasteiger partial charge in [0.25, 0.3) is 0 Å². The highest BCUT2D eigenvalue weighted by Crippen LogP contribution is 2.27. The second kappa shape index (κ2) is 10.2. The highest BCUT2D eigenvalue weighted by atomic mass is 32.2. The van der Waals surface area contributed by atoms with Crippen molar-refractivity contribution < 1.29 is 4.79 Å². The number of amides is 1. The minimum atomic E-state index is -0.0630. The number of thioether (sulfide) groups is 1. The van der Waals surface area contributed by atoms with Crippen molar-refractivity contribution in [2.45, 2.75) is 31.5 Å². The standard InChI is InChI=1S/C25H25N5OS/c1-3-19-11-13-20(14-12-19)18(2)27-23(31)17-32-25-29-28-24(21-8-7-15-26-16-21)30(25)22-9-5-4-6-10-22/h4-16,18H,3,17H2,1-2H3,(H,27,31). The molecule has 0 aliphatic rings. The Balaban J connectivity index is 1.49. The van der Waals surface area contributed by atoms with E-state index in [2.05, 4.69) is 51.7 Å². The monoisotopic (exact) mass is 443 g/mol. The molecule has 0 spiro atoms. The first kappa shape index (κ1) is 21.8. The van der Waals surface area contributed by atoms with E-state index in [1.54, 1.807) is 12.4 Å². The number of nitrogens with zero attached hydrogens (tertiary/aromatic N) is 4. The van der Waals surface area contributed by atoms with Crippen LogP contribution in [-0.4, -0.2) is 31.4 Å². The minimum absolute atomic E-state index is 0.0485. The third-order valence-electron chi connectivity index (χ3n) is 5.17. The molecule has 0 saturated heterocycles. The predicted octanol–water partition coefficient (Wildman–Crippen LogP) is 4.86. The molecule has 0 saturated carbocycles. The summed E-state index contributed by atoms with van der Waals surface area (Å²) in [6.45, 7) is 4.13. The van der Waals surface area contributed by atoms with Crippen LogP contribution in [0.3, 0.4) is 0 Å². The van der Waals surface area contributed by atoms with Gasteiger partial charge in [-0.1, -0.05) is 61.2 Å². The first-order valence-corrected chi connectivity index (χ1v) is 11.6. The van der Waals surface area contributed by atoms with Crippen molar-refractivity contribution in [1.82, 2.24) is 25.1 Å². The van der Waals surface area contributed by atoms with Gasteiger partial charge in [0, 0.05) is 23.6 Å². The van der Waals surface area contributed by atoms with Crippen LogP contribution in [-0.2, 0) is 11.2 Å². The SMILES string of the molecule is CCc1ccc(C(C)NC(=O)CSc2nnc(-c3cccnc3)n2-c2ccccc2)cc1. The molecule has 162 valence electrons. The zero-order valence-electron chi connectivity index (χ0n) is 18.1. The van der Waals surface area contributed by atoms with Crippen molar-refractivity contribution >= 4 is 17.7 Å². The summed E-state index contributed by atoms with van der Waals surface area (Å²) in [5, 5.41) is 12.5. The quantitative estimate of drug-likeness (QED) is 0.394. The third-order valence-corrected chi connectivity index (χ3v) is 6.09. The third kappa shape index (κ3) is 5.06. The molecule has 4 rings (SSSR count). The van der Waals surface area contributed by atoms with E-state index >= 15 is 0 Å². The number of aryl methyl sites for hydroxylation is 1. The van der Waals surface area contributed by atoms with Gasteiger partial charge in [-0.25, -0.2) is 0 Å². The summed E-state index contributed by atoms with van der Waals surface area (Å²) < 4.78 is 1.96. The van der Waals surface area contributed by atoms with Gasteiger partial charge in [0.15, 0.2) is 11.0 Å². The number of para-hydroxylation sites is 1. The van der Waals surface area contributed by atoms with Gasteiger partial charge in [-0.15, -0.1) is 10.2 Å². The molecule has 2 aromatic carbocycles. The molecule has 1 N–H and O–H groups in total. The van der Waals surface area contributed by atoms with Crippen LogP contribution in [0, 0.1) is 0 Å². The van der Waals surface area contributed by atoms with Crippen LogP contribution < -0.4 is 5.32 Å². The van der Waals surface area contributed by atoms with Crippen LogP contribution in [0.25, 0.3) is 17.1 Å². The fourth-order valence-corrected chi connectivity index (χ4v) is 4.16. The van der Waals surface area contributed by atoms with Gasteiger partial charge in [0.2, 0.25) is 5.91 Å². The van der Waals surface area contributed by atoms with Crippen molar-refractivity contribution in [1.29, 1.82) is 0 Å². The van der Waals surface area contributed by atoms with Gasteiger partial charge < -0.3 is 5.32 Å². The Kier molecular flexibility index (Phi) is 6.97. The molecule has 4 aromatic rings. The lowest BCUT2D eigenvalue weighted by molar-refractivity contribution is -0.119. The molecule has 1 amide bonds. The molecule has 0 radical (unpaired) electrons. The van der Waals surface area contributed by atoms with E-state index in [0.29, 0.717) is 11.0 Å². The lowest BCUT2D eigenvalue weighted by atomic mass is 10.1. The largest absolute Gasteiger partial charge is 0.349 e. The average molecular weight is 444 g/mol. The van der Waals surface area contributed by atoms with Crippen molar-refractivity contribution in [2.24, 2.45) is 0 Å². The first-order chi connectivity index (χ1) is 15.7. The maximum Gasteiger partial charge on any atom is 0.230 e. The van der Waals surface area contributed by atoms with Gasteiger partial charge >= 0.3 is 0 Å². The van der Waals surface area contributed by atoms with E-state index in [-0.39, 0.29) is 17.7 Å². The molecule has 0 fully saturated rings. The molecule has 7 heteroatoms. The van der Waals surface area contributed by atoms with Crippen LogP contribution >= 0.6 is 11.8 Å². The molecular weight excluding hydrogens is 418 g/mol. The number of aromatic nitrogens is 4. The first-order valence-electron chi connectivity index (χ1n) is 10.6. The number of pyridine rings is 1. The fraction of sp³-hybridized carbons (Fsp3) is 0.200. The molecule has 0 aliphatic heterocycles. The number of hydrogen-bond donors (Lipinski definition) is 1. The fourth-order valence-electron chi connectivity index (χ4n) is 3.39. The van der Waals surface area contributed by atoms with E-state index in [1.807, 2.05) is 54.0 Å². The Labute approximate surface area is 192 Å². The van der Waals surface area contributed by atoms with Crippen molar-refractivity contribution in [3.63, 3.8) is 0 Å². The summed E-state index contributed by atoms with van der Waals surface area (Å²) in [6, 6.07) is 22.0. The summed E-state index contributed by atoms with van der Waals surface area (Å²) in [5.41, 5.74) is 4.17. The lowest BCUT2D eigenvalue weighted by Crippen LogP contribution is -2.28. The summed E-state index contributed by atoms with van der Waals surface area (Å²) in [7, 11) is 0. The highest BCUT2D eigenvalue weighted by Gasteiger charge is 2.18. The molecule has 1 unspecified atom stereocenters. The van der Waals surface area contributed by atoms with E-state index in [1.165, 1.54) is 17.3 Å². The van der Waals surface area contributed by atoms with Gasteiger partial charge in [-0.3, -0.25) is 14.3 Å². The maximum absolute atomic E-state index is 12.6. The Hall–Kier alpha value is -3.45. The molecule has 32 heavy (non-hydrogen) atoms. The number of nitrogens with one attached hydrogen (secondary N) is 1. The van der Waals surface area contributed by atoms with E-state index in [4.69, 9.17) is 0 Å². The summed E-state index contributed by atoms with van der Waals surface area (Å²) in [4.78, 5) is 16.8. The lowest BCUT2D eigenvalue weighted by Gasteiger charge is -2.15. The summed E-state index contributed by atoms with van der Waals surface area (Å²) in [5.74, 6) is 0.888. The topological polar surface area (TPSA) is 72.7 Å². The summed E-state index contributed by atoms with van der Waals surface area (Å²) >= 11 is 1.37. The van der Waals surface area contributed by atoms with Gasteiger partial charge in [0.1, 0.15) is 0 Å². The maximum atomic E-state index is 12.6. The summed E-state index contributed by atoms with van der Waals surface area (Å²) in [6.07, 6.45) is 4.49. The van der Waals surface area contributed by atoms with Crippen molar-refractivity contribution in [3.8, 4) is 17.1 Å². The van der Waals surface area contributed by atoms with Crippen LogP contribution in [0.4, 0.5) is 0 Å². The molecule has 2 aromatic heterocycles. The normalized spacial score (nSPS) is 11.8. The Morgan fingerprint density at radius 3 is 2.50 bits per heavy atom. The van der Waals surface area contributed by atoms with E-state index < -0.39 is 0 Å². The smallest absolute Gasteiger partial charge is 0.230 e. The number of hydrogen-bond acceptors (Lipinski definition) is 5. The molecule has 0 aliphatic carbocycles. The average Bonchev–Trinajstić information content (AvgIpc) is 3.28. The van der Waals surface area contributed by atoms with Gasteiger partial charge in [-0.05, 0) is 48.7 Å². The van der Waals surface area contributed by atoms with Crippen LogP contribution in [0.2, 0.25) is 0 Å². The Morgan fingerprint density at radius 2 is 1.81 bits per heavy atom. The minimum Gasteiger partial charge on any atom is -0.349 e. The van der Waals surface area contributed by atoms with Crippen molar-refractivity contribution in [2.75, 3.05) is 5.75 Å².